The van der Waals surface area contributed by atoms with Crippen molar-refractivity contribution >= 4 is 11.5 Å². The molecule has 0 bridgehead atoms. The van der Waals surface area contributed by atoms with E-state index in [1.54, 1.807) is 0 Å². The van der Waals surface area contributed by atoms with Crippen LogP contribution in [-0.4, -0.2) is 16.5 Å². The fraction of sp³-hybridized carbons (Fsp3) is 0.333. The molecule has 0 aliphatic carbocycles. The Balaban J connectivity index is 1.95. The molecule has 1 aromatic heterocycles. The van der Waals surface area contributed by atoms with Crippen LogP contribution in [0.3, 0.4) is 0 Å². The lowest BCUT2D eigenvalue weighted by atomic mass is 9.99. The third-order valence-electron chi connectivity index (χ3n) is 3.53. The first-order valence-electron chi connectivity index (χ1n) is 6.95. The highest BCUT2D eigenvalue weighted by molar-refractivity contribution is 5.62. The third-order valence-corrected chi connectivity index (χ3v) is 3.53. The molecule has 1 aromatic carbocycles. The summed E-state index contributed by atoms with van der Waals surface area (Å²) in [6.07, 6.45) is 1.70. The van der Waals surface area contributed by atoms with Crippen molar-refractivity contribution < 1.29 is 0 Å². The number of rotatable bonds is 3. The summed E-state index contributed by atoms with van der Waals surface area (Å²) < 4.78 is 0. The van der Waals surface area contributed by atoms with Gasteiger partial charge in [0.05, 0.1) is 0 Å². The van der Waals surface area contributed by atoms with Gasteiger partial charge in [-0.2, -0.15) is 0 Å². The number of hydrogen-bond donors (Lipinski definition) is 3. The molecule has 0 spiro atoms. The standard InChI is InChI=1S/C15H18N4O/c1-2-13-18-14(8-15(20)19-13)17-12-5-3-4-10-9-16-7-6-11(10)12/h3-5,8,16H,2,6-7,9H2,1H3,(H2,17,18,19,20). The van der Waals surface area contributed by atoms with Crippen LogP contribution in [0, 0.1) is 0 Å². The van der Waals surface area contributed by atoms with Crippen molar-refractivity contribution in [1.29, 1.82) is 0 Å². The average molecular weight is 270 g/mol. The van der Waals surface area contributed by atoms with Gasteiger partial charge in [0.2, 0.25) is 0 Å². The van der Waals surface area contributed by atoms with Crippen molar-refractivity contribution in [3.05, 3.63) is 51.6 Å². The van der Waals surface area contributed by atoms with Gasteiger partial charge in [-0.15, -0.1) is 0 Å². The second kappa shape index (κ2) is 5.46. The Morgan fingerprint density at radius 1 is 1.40 bits per heavy atom. The van der Waals surface area contributed by atoms with Crippen LogP contribution in [0.25, 0.3) is 0 Å². The zero-order chi connectivity index (χ0) is 13.9. The summed E-state index contributed by atoms with van der Waals surface area (Å²) >= 11 is 0. The van der Waals surface area contributed by atoms with Crippen molar-refractivity contribution in [2.24, 2.45) is 0 Å². The molecule has 104 valence electrons. The number of hydrogen-bond acceptors (Lipinski definition) is 4. The molecular weight excluding hydrogens is 252 g/mol. The summed E-state index contributed by atoms with van der Waals surface area (Å²) in [5.41, 5.74) is 3.54. The lowest BCUT2D eigenvalue weighted by Crippen LogP contribution is -2.24. The first-order valence-corrected chi connectivity index (χ1v) is 6.95. The van der Waals surface area contributed by atoms with Gasteiger partial charge in [-0.05, 0) is 30.2 Å². The highest BCUT2D eigenvalue weighted by atomic mass is 16.1. The molecule has 3 N–H and O–H groups in total. The van der Waals surface area contributed by atoms with E-state index >= 15 is 0 Å². The topological polar surface area (TPSA) is 69.8 Å². The number of anilines is 2. The maximum Gasteiger partial charge on any atom is 0.252 e. The van der Waals surface area contributed by atoms with E-state index in [-0.39, 0.29) is 5.56 Å². The number of nitrogens with zero attached hydrogens (tertiary/aromatic N) is 1. The maximum atomic E-state index is 11.6. The number of fused-ring (bicyclic) bond motifs is 1. The summed E-state index contributed by atoms with van der Waals surface area (Å²) in [6, 6.07) is 7.70. The molecule has 3 rings (SSSR count). The lowest BCUT2D eigenvalue weighted by molar-refractivity contribution is 0.645. The Kier molecular flexibility index (Phi) is 3.52. The molecule has 1 aliphatic heterocycles. The van der Waals surface area contributed by atoms with E-state index in [9.17, 15) is 4.79 Å². The van der Waals surface area contributed by atoms with Crippen LogP contribution in [0.4, 0.5) is 11.5 Å². The summed E-state index contributed by atoms with van der Waals surface area (Å²) in [7, 11) is 0. The van der Waals surface area contributed by atoms with Crippen LogP contribution in [0.15, 0.2) is 29.1 Å². The van der Waals surface area contributed by atoms with E-state index in [0.717, 1.165) is 25.2 Å². The second-order valence-corrected chi connectivity index (χ2v) is 4.93. The zero-order valence-electron chi connectivity index (χ0n) is 11.5. The van der Waals surface area contributed by atoms with Gasteiger partial charge < -0.3 is 15.6 Å². The highest BCUT2D eigenvalue weighted by Gasteiger charge is 2.13. The molecule has 2 heterocycles. The Morgan fingerprint density at radius 3 is 3.15 bits per heavy atom. The average Bonchev–Trinajstić information content (AvgIpc) is 2.47. The molecule has 0 saturated carbocycles. The number of aryl methyl sites for hydroxylation is 1. The van der Waals surface area contributed by atoms with Crippen molar-refractivity contribution in [1.82, 2.24) is 15.3 Å². The van der Waals surface area contributed by atoms with Crippen molar-refractivity contribution in [2.75, 3.05) is 11.9 Å². The van der Waals surface area contributed by atoms with Gasteiger partial charge >= 0.3 is 0 Å². The Hall–Kier alpha value is -2.14. The van der Waals surface area contributed by atoms with Gasteiger partial charge in [-0.3, -0.25) is 4.79 Å². The van der Waals surface area contributed by atoms with Gasteiger partial charge in [0.25, 0.3) is 5.56 Å². The Bertz CT molecular complexity index is 678. The summed E-state index contributed by atoms with van der Waals surface area (Å²) in [5.74, 6) is 1.31. The van der Waals surface area contributed by atoms with Crippen LogP contribution in [0.2, 0.25) is 0 Å². The molecule has 0 atom stereocenters. The van der Waals surface area contributed by atoms with Crippen LogP contribution in [-0.2, 0) is 19.4 Å². The summed E-state index contributed by atoms with van der Waals surface area (Å²) in [5, 5.41) is 6.65. The van der Waals surface area contributed by atoms with Gasteiger partial charge in [0, 0.05) is 24.7 Å². The van der Waals surface area contributed by atoms with E-state index in [2.05, 4.69) is 26.7 Å². The molecule has 20 heavy (non-hydrogen) atoms. The molecule has 0 fully saturated rings. The van der Waals surface area contributed by atoms with Crippen LogP contribution < -0.4 is 16.2 Å². The van der Waals surface area contributed by atoms with Crippen LogP contribution >= 0.6 is 0 Å². The second-order valence-electron chi connectivity index (χ2n) is 4.93. The van der Waals surface area contributed by atoms with Crippen molar-refractivity contribution in [3.63, 3.8) is 0 Å². The van der Waals surface area contributed by atoms with E-state index < -0.39 is 0 Å². The van der Waals surface area contributed by atoms with E-state index in [1.807, 2.05) is 19.1 Å². The number of aromatic nitrogens is 2. The predicted molar refractivity (Wildman–Crippen MR) is 79.4 cm³/mol. The Labute approximate surface area is 117 Å². The first kappa shape index (κ1) is 12.9. The van der Waals surface area contributed by atoms with Gasteiger partial charge in [-0.25, -0.2) is 4.98 Å². The van der Waals surface area contributed by atoms with Crippen molar-refractivity contribution in [2.45, 2.75) is 26.3 Å². The molecule has 2 aromatic rings. The molecular formula is C15H18N4O. The molecule has 5 heteroatoms. The van der Waals surface area contributed by atoms with Gasteiger partial charge in [0.1, 0.15) is 11.6 Å². The predicted octanol–water partition coefficient (Wildman–Crippen LogP) is 1.72. The van der Waals surface area contributed by atoms with E-state index in [4.69, 9.17) is 0 Å². The zero-order valence-corrected chi connectivity index (χ0v) is 11.5. The summed E-state index contributed by atoms with van der Waals surface area (Å²) in [4.78, 5) is 18.7. The molecule has 0 amide bonds. The molecule has 0 unspecified atom stereocenters. The fourth-order valence-corrected chi connectivity index (χ4v) is 2.53. The highest BCUT2D eigenvalue weighted by Crippen LogP contribution is 2.25. The quantitative estimate of drug-likeness (QED) is 0.794. The van der Waals surface area contributed by atoms with Gasteiger partial charge in [0.15, 0.2) is 0 Å². The molecule has 5 nitrogen and oxygen atoms in total. The molecule has 0 saturated heterocycles. The number of nitrogens with one attached hydrogen (secondary N) is 3. The van der Waals surface area contributed by atoms with E-state index in [0.29, 0.717) is 18.1 Å². The maximum absolute atomic E-state index is 11.6. The Morgan fingerprint density at radius 2 is 2.30 bits per heavy atom. The minimum absolute atomic E-state index is 0.120. The lowest BCUT2D eigenvalue weighted by Gasteiger charge is -2.20. The van der Waals surface area contributed by atoms with Gasteiger partial charge in [-0.1, -0.05) is 19.1 Å². The minimum Gasteiger partial charge on any atom is -0.340 e. The first-order chi connectivity index (χ1) is 9.76. The number of aromatic amines is 1. The van der Waals surface area contributed by atoms with E-state index in [1.165, 1.54) is 17.2 Å². The molecule has 0 radical (unpaired) electrons. The monoisotopic (exact) mass is 270 g/mol. The summed E-state index contributed by atoms with van der Waals surface area (Å²) in [6.45, 7) is 3.85. The number of H-pyrrole nitrogens is 1. The van der Waals surface area contributed by atoms with Crippen LogP contribution in [0.5, 0.6) is 0 Å². The third kappa shape index (κ3) is 2.58. The minimum atomic E-state index is -0.120. The smallest absolute Gasteiger partial charge is 0.252 e. The largest absolute Gasteiger partial charge is 0.340 e. The van der Waals surface area contributed by atoms with Crippen molar-refractivity contribution in [3.8, 4) is 0 Å². The fourth-order valence-electron chi connectivity index (χ4n) is 2.53. The number of benzene rings is 1. The SMILES string of the molecule is CCc1nc(Nc2cccc3c2CCNC3)cc(=O)[nH]1. The normalized spacial score (nSPS) is 13.8. The van der Waals surface area contributed by atoms with Crippen LogP contribution in [0.1, 0.15) is 23.9 Å². The molecule has 1 aliphatic rings.